The summed E-state index contributed by atoms with van der Waals surface area (Å²) in [6.45, 7) is 0.828. The molecule has 1 heterocycles. The smallest absolute Gasteiger partial charge is 0.324 e. The van der Waals surface area contributed by atoms with Gasteiger partial charge < -0.3 is 21.5 Å². The van der Waals surface area contributed by atoms with Crippen molar-refractivity contribution in [3.63, 3.8) is 0 Å². The SMILES string of the molecule is NCc1ccc(CNC(=O)N(CCc2ccsc2)C(=O)[CH]Cc2ccc(OCC(N)=O)cc2)cc1. The first kappa shape index (κ1) is 25.9. The second kappa shape index (κ2) is 13.3. The van der Waals surface area contributed by atoms with E-state index in [-0.39, 0.29) is 19.1 Å². The number of amides is 4. The van der Waals surface area contributed by atoms with Gasteiger partial charge in [-0.15, -0.1) is 0 Å². The van der Waals surface area contributed by atoms with Crippen LogP contribution in [0.25, 0.3) is 0 Å². The van der Waals surface area contributed by atoms with Crippen LogP contribution in [0.5, 0.6) is 5.75 Å². The van der Waals surface area contributed by atoms with E-state index in [9.17, 15) is 14.4 Å². The molecule has 0 aliphatic heterocycles. The van der Waals surface area contributed by atoms with Gasteiger partial charge in [-0.3, -0.25) is 14.5 Å². The lowest BCUT2D eigenvalue weighted by atomic mass is 10.1. The molecule has 3 rings (SSSR count). The predicted octanol–water partition coefficient (Wildman–Crippen LogP) is 2.80. The number of carbonyl (C=O) groups excluding carboxylic acids is 3. The highest BCUT2D eigenvalue weighted by Gasteiger charge is 2.21. The zero-order chi connectivity index (χ0) is 25.0. The monoisotopic (exact) mass is 493 g/mol. The summed E-state index contributed by atoms with van der Waals surface area (Å²) in [5.41, 5.74) is 14.6. The van der Waals surface area contributed by atoms with E-state index in [0.29, 0.717) is 31.7 Å². The highest BCUT2D eigenvalue weighted by molar-refractivity contribution is 7.07. The van der Waals surface area contributed by atoms with Gasteiger partial charge in [-0.2, -0.15) is 11.3 Å². The Labute approximate surface area is 208 Å². The quantitative estimate of drug-likeness (QED) is 0.357. The first-order chi connectivity index (χ1) is 16.9. The fourth-order valence-electron chi connectivity index (χ4n) is 3.25. The van der Waals surface area contributed by atoms with E-state index in [2.05, 4.69) is 5.32 Å². The molecule has 0 bridgehead atoms. The molecule has 5 N–H and O–H groups in total. The van der Waals surface area contributed by atoms with Gasteiger partial charge in [0.15, 0.2) is 6.61 Å². The van der Waals surface area contributed by atoms with Crippen molar-refractivity contribution < 1.29 is 19.1 Å². The maximum atomic E-state index is 13.0. The number of hydrogen-bond donors (Lipinski definition) is 3. The number of hydrogen-bond acceptors (Lipinski definition) is 6. The Bertz CT molecular complexity index is 1100. The van der Waals surface area contributed by atoms with E-state index in [0.717, 1.165) is 22.3 Å². The summed E-state index contributed by atoms with van der Waals surface area (Å²) in [6, 6.07) is 16.2. The average Bonchev–Trinajstić information content (AvgIpc) is 3.39. The molecule has 1 radical (unpaired) electrons. The Hall–Kier alpha value is -3.69. The lowest BCUT2D eigenvalue weighted by Gasteiger charge is -2.21. The highest BCUT2D eigenvalue weighted by Crippen LogP contribution is 2.14. The molecule has 0 spiro atoms. The van der Waals surface area contributed by atoms with Crippen LogP contribution in [-0.2, 0) is 35.5 Å². The number of urea groups is 1. The average molecular weight is 494 g/mol. The fourth-order valence-corrected chi connectivity index (χ4v) is 3.95. The maximum absolute atomic E-state index is 13.0. The van der Waals surface area contributed by atoms with Crippen LogP contribution in [0.3, 0.4) is 0 Å². The standard InChI is InChI=1S/C26H29N4O4S/c27-15-20-1-3-21(4-2-20)16-29-26(33)30(13-11-22-12-14-35-18-22)25(32)10-7-19-5-8-23(9-6-19)34-17-24(28)31/h1-6,8-10,12,14,18H,7,11,13,15-17,27H2,(H2,28,31)(H,29,33). The Balaban J connectivity index is 1.58. The van der Waals surface area contributed by atoms with Crippen LogP contribution in [0.4, 0.5) is 4.79 Å². The zero-order valence-electron chi connectivity index (χ0n) is 19.3. The van der Waals surface area contributed by atoms with Crippen molar-refractivity contribution in [1.29, 1.82) is 0 Å². The Morgan fingerprint density at radius 1 is 0.943 bits per heavy atom. The number of benzene rings is 2. The van der Waals surface area contributed by atoms with Crippen molar-refractivity contribution in [2.24, 2.45) is 11.5 Å². The van der Waals surface area contributed by atoms with Gasteiger partial charge >= 0.3 is 6.03 Å². The number of imide groups is 1. The minimum absolute atomic E-state index is 0.199. The number of primary amides is 1. The number of carbonyl (C=O) groups is 3. The lowest BCUT2D eigenvalue weighted by molar-refractivity contribution is -0.125. The summed E-state index contributed by atoms with van der Waals surface area (Å²) < 4.78 is 5.24. The number of ether oxygens (including phenoxy) is 1. The molecule has 183 valence electrons. The van der Waals surface area contributed by atoms with Crippen LogP contribution in [0.1, 0.15) is 22.3 Å². The lowest BCUT2D eigenvalue weighted by Crippen LogP contribution is -2.44. The normalized spacial score (nSPS) is 10.5. The summed E-state index contributed by atoms with van der Waals surface area (Å²) in [4.78, 5) is 38.0. The zero-order valence-corrected chi connectivity index (χ0v) is 20.1. The van der Waals surface area contributed by atoms with Crippen molar-refractivity contribution in [2.75, 3.05) is 13.2 Å². The minimum Gasteiger partial charge on any atom is -0.484 e. The summed E-state index contributed by atoms with van der Waals surface area (Å²) in [6.07, 6.45) is 2.41. The van der Waals surface area contributed by atoms with Crippen LogP contribution in [0, 0.1) is 6.42 Å². The van der Waals surface area contributed by atoms with Crippen molar-refractivity contribution in [1.82, 2.24) is 10.2 Å². The van der Waals surface area contributed by atoms with Gasteiger partial charge in [-0.1, -0.05) is 36.4 Å². The van der Waals surface area contributed by atoms with E-state index in [1.54, 1.807) is 35.6 Å². The number of nitrogens with two attached hydrogens (primary N) is 2. The van der Waals surface area contributed by atoms with Crippen LogP contribution >= 0.6 is 11.3 Å². The molecule has 1 aromatic heterocycles. The largest absolute Gasteiger partial charge is 0.484 e. The van der Waals surface area contributed by atoms with Gasteiger partial charge in [-0.25, -0.2) is 4.79 Å². The molecular weight excluding hydrogens is 464 g/mol. The van der Waals surface area contributed by atoms with Gasteiger partial charge in [0, 0.05) is 19.6 Å². The number of rotatable bonds is 12. The van der Waals surface area contributed by atoms with E-state index in [1.807, 2.05) is 41.1 Å². The molecule has 0 saturated carbocycles. The van der Waals surface area contributed by atoms with Gasteiger partial charge in [0.05, 0.1) is 6.42 Å². The van der Waals surface area contributed by atoms with Gasteiger partial charge in [-0.05, 0) is 64.1 Å². The van der Waals surface area contributed by atoms with E-state index >= 15 is 0 Å². The Kier molecular flexibility index (Phi) is 9.82. The van der Waals surface area contributed by atoms with Crippen molar-refractivity contribution in [3.05, 3.63) is 94.0 Å². The topological polar surface area (TPSA) is 128 Å². The minimum atomic E-state index is -0.554. The van der Waals surface area contributed by atoms with Crippen LogP contribution in [0.15, 0.2) is 65.4 Å². The van der Waals surface area contributed by atoms with Crippen LogP contribution in [0.2, 0.25) is 0 Å². The molecule has 35 heavy (non-hydrogen) atoms. The molecule has 4 amide bonds. The molecule has 9 heteroatoms. The van der Waals surface area contributed by atoms with E-state index < -0.39 is 11.9 Å². The van der Waals surface area contributed by atoms with Gasteiger partial charge in [0.25, 0.3) is 5.91 Å². The molecule has 0 aliphatic rings. The van der Waals surface area contributed by atoms with E-state index in [4.69, 9.17) is 16.2 Å². The fraction of sp³-hybridized carbons (Fsp3) is 0.231. The molecule has 2 aromatic carbocycles. The number of thiophene rings is 1. The number of nitrogens with one attached hydrogen (secondary N) is 1. The highest BCUT2D eigenvalue weighted by atomic mass is 32.1. The second-order valence-corrected chi connectivity index (χ2v) is 8.64. The predicted molar refractivity (Wildman–Crippen MR) is 135 cm³/mol. The molecule has 0 saturated heterocycles. The van der Waals surface area contributed by atoms with E-state index in [1.165, 1.54) is 11.3 Å². The molecule has 0 unspecified atom stereocenters. The molecule has 0 fully saturated rings. The third-order valence-corrected chi connectivity index (χ3v) is 5.97. The molecular formula is C26H29N4O4S. The Morgan fingerprint density at radius 2 is 1.63 bits per heavy atom. The maximum Gasteiger partial charge on any atom is 0.324 e. The summed E-state index contributed by atoms with van der Waals surface area (Å²) in [7, 11) is 0. The Morgan fingerprint density at radius 3 is 2.26 bits per heavy atom. The van der Waals surface area contributed by atoms with Crippen molar-refractivity contribution in [3.8, 4) is 5.75 Å². The third-order valence-electron chi connectivity index (χ3n) is 5.23. The first-order valence-electron chi connectivity index (χ1n) is 11.2. The van der Waals surface area contributed by atoms with Crippen molar-refractivity contribution >= 4 is 29.2 Å². The molecule has 3 aromatic rings. The first-order valence-corrected chi connectivity index (χ1v) is 12.1. The number of nitrogens with zero attached hydrogens (tertiary/aromatic N) is 1. The van der Waals surface area contributed by atoms with Gasteiger partial charge in [0.2, 0.25) is 5.91 Å². The summed E-state index contributed by atoms with van der Waals surface area (Å²) in [5.74, 6) is -0.415. The molecule has 0 atom stereocenters. The second-order valence-electron chi connectivity index (χ2n) is 7.86. The molecule has 8 nitrogen and oxygen atoms in total. The van der Waals surface area contributed by atoms with Crippen molar-refractivity contribution in [2.45, 2.75) is 25.9 Å². The van der Waals surface area contributed by atoms with Gasteiger partial charge in [0.1, 0.15) is 5.75 Å². The molecule has 0 aliphatic carbocycles. The van der Waals surface area contributed by atoms with Crippen LogP contribution in [-0.4, -0.2) is 35.9 Å². The summed E-state index contributed by atoms with van der Waals surface area (Å²) in [5, 5.41) is 6.81. The van der Waals surface area contributed by atoms with Crippen LogP contribution < -0.4 is 21.5 Å². The third kappa shape index (κ3) is 8.55. The summed E-state index contributed by atoms with van der Waals surface area (Å²) >= 11 is 1.58.